The van der Waals surface area contributed by atoms with Gasteiger partial charge in [0.25, 0.3) is 0 Å². The topological polar surface area (TPSA) is 81.9 Å². The quantitative estimate of drug-likeness (QED) is 0.427. The van der Waals surface area contributed by atoms with Crippen LogP contribution < -0.4 is 15.5 Å². The van der Waals surface area contributed by atoms with Crippen LogP contribution in [0.4, 0.5) is 5.82 Å². The van der Waals surface area contributed by atoms with E-state index in [0.29, 0.717) is 18.3 Å². The Kier molecular flexibility index (Phi) is 6.77. The van der Waals surface area contributed by atoms with Crippen molar-refractivity contribution >= 4 is 28.3 Å². The molecule has 172 valence electrons. The maximum Gasteiger partial charge on any atom is 0.143 e. The van der Waals surface area contributed by atoms with Crippen LogP contribution in [0.15, 0.2) is 55.4 Å². The summed E-state index contributed by atoms with van der Waals surface area (Å²) in [5, 5.41) is 14.7. The van der Waals surface area contributed by atoms with E-state index in [1.807, 2.05) is 38.5 Å². The van der Waals surface area contributed by atoms with E-state index in [2.05, 4.69) is 51.8 Å². The van der Waals surface area contributed by atoms with Gasteiger partial charge in [-0.05, 0) is 68.8 Å². The molecule has 0 aliphatic carbocycles. The number of anilines is 1. The van der Waals surface area contributed by atoms with Crippen molar-refractivity contribution in [3.05, 3.63) is 60.9 Å². The standard InChI is InChI=1S/C26H33N7/c1-5-29-13-12-22(27)17-33-24-10-8-20(19(3)28-4)15-23(24)31-26(33)21-9-11-25(30-16-21)32-14-6-7-18(32)2/h8-13,15-16,18,27-29H,3,5-7,14,17H2,1-2,4H3/b13-12-,27-22?. The molecule has 0 bridgehead atoms. The molecule has 1 aromatic carbocycles. The van der Waals surface area contributed by atoms with Gasteiger partial charge in [-0.2, -0.15) is 0 Å². The van der Waals surface area contributed by atoms with E-state index in [0.717, 1.165) is 52.6 Å². The molecular weight excluding hydrogens is 410 g/mol. The SMILES string of the molecule is C=C(NC)c1ccc2c(c1)nc(-c1ccc(N3CCCC3C)nc1)n2CC(=N)/C=C\NCC. The first kappa shape index (κ1) is 22.6. The summed E-state index contributed by atoms with van der Waals surface area (Å²) >= 11 is 0. The molecule has 3 aromatic rings. The molecule has 0 radical (unpaired) electrons. The smallest absolute Gasteiger partial charge is 0.143 e. The number of allylic oxidation sites excluding steroid dienone is 1. The lowest BCUT2D eigenvalue weighted by atomic mass is 10.1. The van der Waals surface area contributed by atoms with Gasteiger partial charge >= 0.3 is 0 Å². The maximum atomic E-state index is 8.47. The first-order valence-corrected chi connectivity index (χ1v) is 11.6. The van der Waals surface area contributed by atoms with Gasteiger partial charge in [-0.15, -0.1) is 0 Å². The normalized spacial score (nSPS) is 16.0. The molecule has 0 saturated carbocycles. The van der Waals surface area contributed by atoms with Gasteiger partial charge in [0.05, 0.1) is 23.3 Å². The third-order valence-electron chi connectivity index (χ3n) is 6.19. The number of nitrogens with zero attached hydrogens (tertiary/aromatic N) is 4. The largest absolute Gasteiger partial charge is 0.391 e. The van der Waals surface area contributed by atoms with Gasteiger partial charge in [-0.1, -0.05) is 12.6 Å². The minimum absolute atomic E-state index is 0.422. The van der Waals surface area contributed by atoms with Crippen LogP contribution in [-0.4, -0.2) is 46.4 Å². The molecule has 7 nitrogen and oxygen atoms in total. The summed E-state index contributed by atoms with van der Waals surface area (Å²) < 4.78 is 2.09. The van der Waals surface area contributed by atoms with Crippen molar-refractivity contribution in [3.63, 3.8) is 0 Å². The molecule has 1 unspecified atom stereocenters. The monoisotopic (exact) mass is 443 g/mol. The molecule has 1 aliphatic heterocycles. The van der Waals surface area contributed by atoms with Crippen LogP contribution in [-0.2, 0) is 6.54 Å². The molecule has 2 aromatic heterocycles. The van der Waals surface area contributed by atoms with Gasteiger partial charge in [-0.3, -0.25) is 0 Å². The highest BCUT2D eigenvalue weighted by molar-refractivity contribution is 5.94. The maximum absolute atomic E-state index is 8.47. The lowest BCUT2D eigenvalue weighted by molar-refractivity contribution is 0.727. The number of fused-ring (bicyclic) bond motifs is 1. The first-order valence-electron chi connectivity index (χ1n) is 11.6. The van der Waals surface area contributed by atoms with E-state index in [-0.39, 0.29) is 0 Å². The molecule has 1 fully saturated rings. The summed E-state index contributed by atoms with van der Waals surface area (Å²) in [5.41, 5.74) is 5.14. The average Bonchev–Trinajstić information content (AvgIpc) is 3.42. The Bertz CT molecular complexity index is 1170. The van der Waals surface area contributed by atoms with Gasteiger partial charge in [0.15, 0.2) is 0 Å². The highest BCUT2D eigenvalue weighted by Crippen LogP contribution is 2.29. The Morgan fingerprint density at radius 1 is 1.30 bits per heavy atom. The van der Waals surface area contributed by atoms with Crippen molar-refractivity contribution in [2.24, 2.45) is 0 Å². The summed E-state index contributed by atoms with van der Waals surface area (Å²) in [4.78, 5) is 12.1. The molecule has 7 heteroatoms. The molecule has 3 N–H and O–H groups in total. The lowest BCUT2D eigenvalue weighted by Gasteiger charge is -2.22. The highest BCUT2D eigenvalue weighted by atomic mass is 15.2. The van der Waals surface area contributed by atoms with Crippen LogP contribution in [0.25, 0.3) is 28.1 Å². The zero-order valence-electron chi connectivity index (χ0n) is 19.7. The highest BCUT2D eigenvalue weighted by Gasteiger charge is 2.22. The zero-order valence-corrected chi connectivity index (χ0v) is 19.7. The van der Waals surface area contributed by atoms with Crippen molar-refractivity contribution in [2.75, 3.05) is 25.0 Å². The minimum Gasteiger partial charge on any atom is -0.391 e. The van der Waals surface area contributed by atoms with Gasteiger partial charge in [-0.25, -0.2) is 9.97 Å². The van der Waals surface area contributed by atoms with E-state index < -0.39 is 0 Å². The third-order valence-corrected chi connectivity index (χ3v) is 6.19. The second-order valence-corrected chi connectivity index (χ2v) is 8.46. The van der Waals surface area contributed by atoms with Crippen molar-refractivity contribution < 1.29 is 0 Å². The summed E-state index contributed by atoms with van der Waals surface area (Å²) in [6.45, 7) is 10.7. The molecule has 1 saturated heterocycles. The predicted molar refractivity (Wildman–Crippen MR) is 138 cm³/mol. The van der Waals surface area contributed by atoms with Crippen LogP contribution in [0, 0.1) is 5.41 Å². The summed E-state index contributed by atoms with van der Waals surface area (Å²) in [7, 11) is 1.86. The summed E-state index contributed by atoms with van der Waals surface area (Å²) in [5.74, 6) is 1.83. The number of hydrogen-bond acceptors (Lipinski definition) is 6. The van der Waals surface area contributed by atoms with Crippen molar-refractivity contribution in [3.8, 4) is 11.4 Å². The number of rotatable bonds is 9. The fraction of sp³-hybridized carbons (Fsp3) is 0.346. The summed E-state index contributed by atoms with van der Waals surface area (Å²) in [6, 6.07) is 10.8. The average molecular weight is 444 g/mol. The van der Waals surface area contributed by atoms with E-state index in [4.69, 9.17) is 15.4 Å². The van der Waals surface area contributed by atoms with E-state index in [9.17, 15) is 0 Å². The van der Waals surface area contributed by atoms with Crippen molar-refractivity contribution in [2.45, 2.75) is 39.3 Å². The first-order chi connectivity index (χ1) is 16.0. The fourth-order valence-electron chi connectivity index (χ4n) is 4.30. The van der Waals surface area contributed by atoms with E-state index in [1.165, 1.54) is 12.8 Å². The molecular formula is C26H33N7. The number of imidazole rings is 1. The van der Waals surface area contributed by atoms with Gasteiger partial charge in [0.1, 0.15) is 11.6 Å². The molecule has 0 spiro atoms. The molecule has 3 heterocycles. The zero-order chi connectivity index (χ0) is 23.4. The predicted octanol–water partition coefficient (Wildman–Crippen LogP) is 4.42. The second kappa shape index (κ2) is 9.90. The number of benzene rings is 1. The van der Waals surface area contributed by atoms with Crippen LogP contribution in [0.1, 0.15) is 32.3 Å². The Balaban J connectivity index is 1.73. The molecule has 0 amide bonds. The number of aromatic nitrogens is 3. The Morgan fingerprint density at radius 2 is 2.15 bits per heavy atom. The van der Waals surface area contributed by atoms with E-state index in [1.54, 1.807) is 6.08 Å². The Labute approximate surface area is 195 Å². The fourth-order valence-corrected chi connectivity index (χ4v) is 4.30. The molecule has 4 rings (SSSR count). The minimum atomic E-state index is 0.422. The van der Waals surface area contributed by atoms with Gasteiger partial charge in [0.2, 0.25) is 0 Å². The van der Waals surface area contributed by atoms with Crippen LogP contribution in [0.3, 0.4) is 0 Å². The van der Waals surface area contributed by atoms with Gasteiger partial charge in [0, 0.05) is 43.6 Å². The molecule has 1 aliphatic rings. The van der Waals surface area contributed by atoms with Crippen molar-refractivity contribution in [1.82, 2.24) is 25.2 Å². The second-order valence-electron chi connectivity index (χ2n) is 8.46. The Morgan fingerprint density at radius 3 is 2.82 bits per heavy atom. The van der Waals surface area contributed by atoms with Gasteiger partial charge < -0.3 is 25.5 Å². The van der Waals surface area contributed by atoms with Crippen LogP contribution >= 0.6 is 0 Å². The Hall–Kier alpha value is -3.61. The summed E-state index contributed by atoms with van der Waals surface area (Å²) in [6.07, 6.45) is 7.95. The lowest BCUT2D eigenvalue weighted by Crippen LogP contribution is -2.26. The number of nitrogens with one attached hydrogen (secondary N) is 3. The van der Waals surface area contributed by atoms with Crippen LogP contribution in [0.2, 0.25) is 0 Å². The van der Waals surface area contributed by atoms with E-state index >= 15 is 0 Å². The third kappa shape index (κ3) is 4.77. The van der Waals surface area contributed by atoms with Crippen molar-refractivity contribution in [1.29, 1.82) is 5.41 Å². The molecule has 1 atom stereocenters. The number of hydrogen-bond donors (Lipinski definition) is 3. The van der Waals surface area contributed by atoms with Crippen LogP contribution in [0.5, 0.6) is 0 Å². The molecule has 33 heavy (non-hydrogen) atoms. The number of pyridine rings is 1.